The Morgan fingerprint density at radius 2 is 1.65 bits per heavy atom. The predicted octanol–water partition coefficient (Wildman–Crippen LogP) is -7.38. The molecule has 2 heterocycles. The van der Waals surface area contributed by atoms with E-state index in [0.717, 1.165) is 6.26 Å². The number of hydrogen-bond donors (Lipinski definition) is 14. The molecule has 18 nitrogen and oxygen atoms in total. The maximum Gasteiger partial charge on any atom is 0.187 e. The lowest BCUT2D eigenvalue weighted by atomic mass is 9.83. The van der Waals surface area contributed by atoms with Gasteiger partial charge in [-0.3, -0.25) is 0 Å². The third-order valence-corrected chi connectivity index (χ3v) is 8.00. The molecule has 0 aromatic heterocycles. The highest BCUT2D eigenvalue weighted by Crippen LogP contribution is 2.32. The molecule has 252 valence electrons. The molecule has 18 heteroatoms. The van der Waals surface area contributed by atoms with Crippen LogP contribution in [-0.4, -0.2) is 184 Å². The van der Waals surface area contributed by atoms with Crippen LogP contribution in [0.2, 0.25) is 0 Å². The summed E-state index contributed by atoms with van der Waals surface area (Å²) >= 11 is 0. The highest BCUT2D eigenvalue weighted by atomic mass is 16.7. The Labute approximate surface area is 249 Å². The first-order chi connectivity index (χ1) is 20.5. The van der Waals surface area contributed by atoms with Crippen molar-refractivity contribution in [3.05, 3.63) is 11.8 Å². The van der Waals surface area contributed by atoms with Gasteiger partial charge in [0.1, 0.15) is 48.8 Å². The first kappa shape index (κ1) is 36.3. The van der Waals surface area contributed by atoms with Crippen LogP contribution in [-0.2, 0) is 18.9 Å². The van der Waals surface area contributed by atoms with Crippen LogP contribution >= 0.6 is 0 Å². The number of likely N-dealkylation sites (N-methyl/N-ethyl adjacent to an activating group) is 1. The molecule has 0 aromatic rings. The smallest absolute Gasteiger partial charge is 0.187 e. The van der Waals surface area contributed by atoms with Crippen LogP contribution in [0.15, 0.2) is 11.8 Å². The van der Waals surface area contributed by atoms with Crippen LogP contribution < -0.4 is 27.4 Å². The second kappa shape index (κ2) is 17.0. The molecule has 1 saturated carbocycles. The van der Waals surface area contributed by atoms with E-state index in [1.54, 1.807) is 7.05 Å². The Bertz CT molecular complexity index is 864. The van der Waals surface area contributed by atoms with Crippen molar-refractivity contribution in [3.63, 3.8) is 0 Å². The third kappa shape index (κ3) is 8.99. The predicted molar refractivity (Wildman–Crippen MR) is 147 cm³/mol. The van der Waals surface area contributed by atoms with Crippen LogP contribution in [0.4, 0.5) is 0 Å². The van der Waals surface area contributed by atoms with Crippen LogP contribution in [0, 0.1) is 0 Å². The van der Waals surface area contributed by atoms with Gasteiger partial charge in [0.15, 0.2) is 12.6 Å². The lowest BCUT2D eigenvalue weighted by Crippen LogP contribution is -2.68. The van der Waals surface area contributed by atoms with Gasteiger partial charge in [0.05, 0.1) is 37.7 Å². The Morgan fingerprint density at radius 1 is 0.953 bits per heavy atom. The lowest BCUT2D eigenvalue weighted by Gasteiger charge is -2.48. The Morgan fingerprint density at radius 3 is 2.28 bits per heavy atom. The third-order valence-electron chi connectivity index (χ3n) is 8.00. The molecule has 16 N–H and O–H groups in total. The summed E-state index contributed by atoms with van der Waals surface area (Å²) in [6, 6.07) is -2.29. The molecule has 1 aliphatic carbocycles. The SMILES string of the molecule is CN[C@H]1/C(=C\O)CO[C@H](O[C@H]2[C@H](NCC(O)CN)C[C@H](N)C(O[C@H]3O[C@H](CNCC(O)CO)[C@@H](O)[C@H](O)[C@H]3O)[C@@H]2O)[C@@H]1O. The molecule has 0 aromatic carbocycles. The van der Waals surface area contributed by atoms with Crippen LogP contribution in [0.3, 0.4) is 0 Å². The topological polar surface area (TPSA) is 307 Å². The van der Waals surface area contributed by atoms with E-state index in [2.05, 4.69) is 16.0 Å². The van der Waals surface area contributed by atoms with E-state index >= 15 is 0 Å². The Hall–Kier alpha value is -1.14. The van der Waals surface area contributed by atoms with Gasteiger partial charge >= 0.3 is 0 Å². The van der Waals surface area contributed by atoms with E-state index in [1.807, 2.05) is 0 Å². The molecule has 3 fully saturated rings. The highest BCUT2D eigenvalue weighted by molar-refractivity contribution is 5.14. The number of rotatable bonds is 14. The molecule has 0 spiro atoms. The van der Waals surface area contributed by atoms with Crippen molar-refractivity contribution in [2.45, 2.75) is 98.2 Å². The molecule has 0 amide bonds. The van der Waals surface area contributed by atoms with Crippen molar-refractivity contribution in [1.29, 1.82) is 0 Å². The van der Waals surface area contributed by atoms with Crippen molar-refractivity contribution in [2.75, 3.05) is 46.4 Å². The summed E-state index contributed by atoms with van der Waals surface area (Å²) in [5.41, 5.74) is 12.3. The van der Waals surface area contributed by atoms with Gasteiger partial charge in [-0.25, -0.2) is 0 Å². The van der Waals surface area contributed by atoms with Crippen LogP contribution in [0.5, 0.6) is 0 Å². The zero-order valence-corrected chi connectivity index (χ0v) is 24.0. The Balaban J connectivity index is 1.77. The summed E-state index contributed by atoms with van der Waals surface area (Å²) in [5.74, 6) is 0. The van der Waals surface area contributed by atoms with Crippen molar-refractivity contribution in [2.24, 2.45) is 11.5 Å². The van der Waals surface area contributed by atoms with Crippen molar-refractivity contribution >= 4 is 0 Å². The zero-order valence-electron chi connectivity index (χ0n) is 24.0. The highest BCUT2D eigenvalue weighted by Gasteiger charge is 2.51. The van der Waals surface area contributed by atoms with E-state index < -0.39 is 98.4 Å². The van der Waals surface area contributed by atoms with E-state index in [-0.39, 0.29) is 39.2 Å². The van der Waals surface area contributed by atoms with Gasteiger partial charge in [0.25, 0.3) is 0 Å². The minimum absolute atomic E-state index is 0.0315. The first-order valence-corrected chi connectivity index (χ1v) is 14.3. The number of hydrogen-bond acceptors (Lipinski definition) is 18. The average Bonchev–Trinajstić information content (AvgIpc) is 3.00. The molecular formula is C25H49N5O13. The number of aliphatic hydroxyl groups is 9. The minimum Gasteiger partial charge on any atom is -0.515 e. The summed E-state index contributed by atoms with van der Waals surface area (Å²) in [7, 11) is 1.58. The summed E-state index contributed by atoms with van der Waals surface area (Å²) in [6.07, 6.45) is -15.1. The second-order valence-corrected chi connectivity index (χ2v) is 11.1. The Kier molecular flexibility index (Phi) is 14.3. The molecular weight excluding hydrogens is 578 g/mol. The molecule has 3 rings (SSSR count). The molecule has 3 aliphatic rings. The van der Waals surface area contributed by atoms with Gasteiger partial charge in [-0.15, -0.1) is 0 Å². The largest absolute Gasteiger partial charge is 0.515 e. The van der Waals surface area contributed by atoms with E-state index in [0.29, 0.717) is 5.57 Å². The van der Waals surface area contributed by atoms with Gasteiger partial charge in [-0.1, -0.05) is 0 Å². The van der Waals surface area contributed by atoms with Gasteiger partial charge in [-0.2, -0.15) is 0 Å². The summed E-state index contributed by atoms with van der Waals surface area (Å²) < 4.78 is 23.3. The first-order valence-electron chi connectivity index (χ1n) is 14.3. The average molecular weight is 628 g/mol. The zero-order chi connectivity index (χ0) is 31.8. The molecule has 15 atom stereocenters. The summed E-state index contributed by atoms with van der Waals surface area (Å²) in [5, 5.41) is 101. The molecule has 2 saturated heterocycles. The fourth-order valence-electron chi connectivity index (χ4n) is 5.47. The maximum absolute atomic E-state index is 11.5. The number of nitrogens with one attached hydrogen (secondary N) is 3. The van der Waals surface area contributed by atoms with Crippen LogP contribution in [0.25, 0.3) is 0 Å². The molecule has 2 aliphatic heterocycles. The summed E-state index contributed by atoms with van der Waals surface area (Å²) in [6.45, 7) is -0.696. The monoisotopic (exact) mass is 627 g/mol. The molecule has 43 heavy (non-hydrogen) atoms. The summed E-state index contributed by atoms with van der Waals surface area (Å²) in [4.78, 5) is 0. The number of ether oxygens (including phenoxy) is 4. The number of aliphatic hydroxyl groups excluding tert-OH is 9. The number of nitrogens with two attached hydrogens (primary N) is 2. The lowest BCUT2D eigenvalue weighted by molar-refractivity contribution is -0.326. The van der Waals surface area contributed by atoms with E-state index in [1.165, 1.54) is 0 Å². The minimum atomic E-state index is -1.73. The molecule has 0 bridgehead atoms. The van der Waals surface area contributed by atoms with E-state index in [9.17, 15) is 40.9 Å². The molecule has 0 radical (unpaired) electrons. The molecule has 3 unspecified atom stereocenters. The van der Waals surface area contributed by atoms with Crippen molar-refractivity contribution < 1.29 is 64.9 Å². The fourth-order valence-corrected chi connectivity index (χ4v) is 5.47. The standard InChI is InChI=1S/C25H49N5O13/c1-28-16-10(7-31)9-40-24(18(16)36)43-23-14(30-5-11(33)3-26)2-13(27)22(21(23)39)42-25-20(38)19(37)17(35)15(41-25)6-29-4-12(34)8-32/h7,11-25,28-39H,2-6,8-9,26-27H2,1H3/b10-7-/t11?,12?,13-,14+,15+,16-,17+,18+,19-,20+,21-,22?,23-,24+,25+/m0/s1. The van der Waals surface area contributed by atoms with Crippen LogP contribution in [0.1, 0.15) is 6.42 Å². The second-order valence-electron chi connectivity index (χ2n) is 11.1. The van der Waals surface area contributed by atoms with Gasteiger partial charge in [-0.05, 0) is 13.5 Å². The van der Waals surface area contributed by atoms with Gasteiger partial charge in [0.2, 0.25) is 0 Å². The van der Waals surface area contributed by atoms with Crippen molar-refractivity contribution in [3.8, 4) is 0 Å². The normalized spacial score (nSPS) is 43.0. The van der Waals surface area contributed by atoms with E-state index in [4.69, 9.17) is 35.5 Å². The van der Waals surface area contributed by atoms with Gasteiger partial charge in [0, 0.05) is 43.8 Å². The van der Waals surface area contributed by atoms with Crippen molar-refractivity contribution in [1.82, 2.24) is 16.0 Å². The van der Waals surface area contributed by atoms with Gasteiger partial charge < -0.3 is 92.3 Å². The maximum atomic E-state index is 11.5. The quantitative estimate of drug-likeness (QED) is 0.0795. The fraction of sp³-hybridized carbons (Fsp3) is 0.920.